The van der Waals surface area contributed by atoms with Gasteiger partial charge in [-0.2, -0.15) is 0 Å². The number of nitrogens with zero attached hydrogens (tertiary/aromatic N) is 1. The molecule has 0 bridgehead atoms. The van der Waals surface area contributed by atoms with Crippen molar-refractivity contribution in [1.29, 1.82) is 0 Å². The molecule has 1 aliphatic heterocycles. The highest BCUT2D eigenvalue weighted by molar-refractivity contribution is 5.47. The zero-order valence-corrected chi connectivity index (χ0v) is 11.2. The van der Waals surface area contributed by atoms with Crippen LogP contribution in [0.2, 0.25) is 0 Å². The zero-order valence-electron chi connectivity index (χ0n) is 11.2. The summed E-state index contributed by atoms with van der Waals surface area (Å²) in [6, 6.07) is 8.97. The summed E-state index contributed by atoms with van der Waals surface area (Å²) in [7, 11) is 0. The molecular weight excluding hydrogens is 220 g/mol. The third kappa shape index (κ3) is 3.51. The monoisotopic (exact) mass is 242 g/mol. The summed E-state index contributed by atoms with van der Waals surface area (Å²) in [5.74, 6) is 2.68. The van der Waals surface area contributed by atoms with E-state index in [1.807, 2.05) is 6.92 Å². The van der Waals surface area contributed by atoms with Crippen LogP contribution in [0, 0.1) is 12.3 Å². The molecule has 1 aliphatic rings. The molecule has 18 heavy (non-hydrogen) atoms. The number of anilines is 1. The Labute approximate surface area is 110 Å². The molecule has 1 heterocycles. The molecule has 2 rings (SSSR count). The van der Waals surface area contributed by atoms with Gasteiger partial charge in [-0.1, -0.05) is 18.1 Å². The number of hydrogen-bond acceptors (Lipinski definition) is 2. The highest BCUT2D eigenvalue weighted by Crippen LogP contribution is 2.20. The first kappa shape index (κ1) is 13.0. The largest absolute Gasteiger partial charge is 0.372 e. The second-order valence-corrected chi connectivity index (χ2v) is 4.98. The van der Waals surface area contributed by atoms with Crippen LogP contribution in [-0.4, -0.2) is 19.1 Å². The fourth-order valence-corrected chi connectivity index (χ4v) is 2.31. The summed E-state index contributed by atoms with van der Waals surface area (Å²) < 4.78 is 0. The third-order valence-corrected chi connectivity index (χ3v) is 3.52. The lowest BCUT2D eigenvalue weighted by molar-refractivity contribution is 0.577. The number of benzene rings is 1. The minimum absolute atomic E-state index is 0.131. The molecule has 1 N–H and O–H groups in total. The first-order valence-electron chi connectivity index (χ1n) is 6.83. The van der Waals surface area contributed by atoms with Crippen molar-refractivity contribution >= 4 is 5.69 Å². The molecule has 1 aromatic rings. The van der Waals surface area contributed by atoms with E-state index >= 15 is 0 Å². The van der Waals surface area contributed by atoms with Gasteiger partial charge in [-0.3, -0.25) is 5.32 Å². The summed E-state index contributed by atoms with van der Waals surface area (Å²) in [6.45, 7) is 5.24. The number of hydrogen-bond donors (Lipinski definition) is 1. The Morgan fingerprint density at radius 1 is 1.22 bits per heavy atom. The molecule has 0 amide bonds. The number of piperidine rings is 1. The van der Waals surface area contributed by atoms with Crippen LogP contribution in [0.1, 0.15) is 31.7 Å². The lowest BCUT2D eigenvalue weighted by atomic mass is 10.1. The molecule has 1 fully saturated rings. The molecular formula is C16H22N2. The van der Waals surface area contributed by atoms with Gasteiger partial charge >= 0.3 is 0 Å². The predicted molar refractivity (Wildman–Crippen MR) is 77.6 cm³/mol. The molecule has 0 saturated carbocycles. The SMILES string of the molecule is C#CC(C)NCc1ccc(N2CCCCC2)cc1. The fraction of sp³-hybridized carbons (Fsp3) is 0.500. The normalized spacial score (nSPS) is 17.2. The summed E-state index contributed by atoms with van der Waals surface area (Å²) in [5.41, 5.74) is 2.64. The molecule has 0 spiro atoms. The van der Waals surface area contributed by atoms with Gasteiger partial charge in [0.15, 0.2) is 0 Å². The van der Waals surface area contributed by atoms with Crippen LogP contribution in [0.4, 0.5) is 5.69 Å². The smallest absolute Gasteiger partial charge is 0.0660 e. The maximum atomic E-state index is 5.34. The Morgan fingerprint density at radius 2 is 1.89 bits per heavy atom. The van der Waals surface area contributed by atoms with E-state index in [0.29, 0.717) is 0 Å². The quantitative estimate of drug-likeness (QED) is 0.817. The average Bonchev–Trinajstić information content (AvgIpc) is 2.46. The van der Waals surface area contributed by atoms with Gasteiger partial charge < -0.3 is 4.90 Å². The topological polar surface area (TPSA) is 15.3 Å². The Kier molecular flexibility index (Phi) is 4.66. The molecule has 2 heteroatoms. The van der Waals surface area contributed by atoms with Gasteiger partial charge in [0.2, 0.25) is 0 Å². The van der Waals surface area contributed by atoms with Gasteiger partial charge in [-0.25, -0.2) is 0 Å². The van der Waals surface area contributed by atoms with E-state index in [-0.39, 0.29) is 6.04 Å². The van der Waals surface area contributed by atoms with E-state index in [1.165, 1.54) is 43.6 Å². The van der Waals surface area contributed by atoms with Crippen LogP contribution in [0.5, 0.6) is 0 Å². The van der Waals surface area contributed by atoms with Crippen molar-refractivity contribution in [1.82, 2.24) is 5.32 Å². The molecule has 1 atom stereocenters. The number of rotatable bonds is 4. The minimum atomic E-state index is 0.131. The molecule has 0 aromatic heterocycles. The van der Waals surface area contributed by atoms with Gasteiger partial charge in [0.1, 0.15) is 0 Å². The van der Waals surface area contributed by atoms with E-state index in [9.17, 15) is 0 Å². The molecule has 1 unspecified atom stereocenters. The van der Waals surface area contributed by atoms with Gasteiger partial charge in [-0.05, 0) is 43.9 Å². The van der Waals surface area contributed by atoms with Crippen molar-refractivity contribution in [3.05, 3.63) is 29.8 Å². The van der Waals surface area contributed by atoms with Gasteiger partial charge in [0, 0.05) is 25.3 Å². The maximum Gasteiger partial charge on any atom is 0.0660 e. The van der Waals surface area contributed by atoms with E-state index < -0.39 is 0 Å². The van der Waals surface area contributed by atoms with E-state index in [2.05, 4.69) is 40.4 Å². The van der Waals surface area contributed by atoms with E-state index in [4.69, 9.17) is 6.42 Å². The van der Waals surface area contributed by atoms with Gasteiger partial charge in [-0.15, -0.1) is 6.42 Å². The molecule has 0 aliphatic carbocycles. The van der Waals surface area contributed by atoms with Crippen LogP contribution in [0.25, 0.3) is 0 Å². The first-order chi connectivity index (χ1) is 8.79. The fourth-order valence-electron chi connectivity index (χ4n) is 2.31. The Bertz CT molecular complexity index is 396. The van der Waals surface area contributed by atoms with Crippen LogP contribution in [0.3, 0.4) is 0 Å². The van der Waals surface area contributed by atoms with Crippen LogP contribution in [0.15, 0.2) is 24.3 Å². The lowest BCUT2D eigenvalue weighted by Crippen LogP contribution is -2.29. The Hall–Kier alpha value is -1.46. The van der Waals surface area contributed by atoms with Crippen LogP contribution in [-0.2, 0) is 6.54 Å². The Morgan fingerprint density at radius 3 is 2.50 bits per heavy atom. The zero-order chi connectivity index (χ0) is 12.8. The summed E-state index contributed by atoms with van der Waals surface area (Å²) in [4.78, 5) is 2.48. The van der Waals surface area contributed by atoms with Gasteiger partial charge in [0.05, 0.1) is 6.04 Å². The highest BCUT2D eigenvalue weighted by Gasteiger charge is 2.10. The summed E-state index contributed by atoms with van der Waals surface area (Å²) in [6.07, 6.45) is 9.36. The Balaban J connectivity index is 1.90. The minimum Gasteiger partial charge on any atom is -0.372 e. The lowest BCUT2D eigenvalue weighted by Gasteiger charge is -2.28. The highest BCUT2D eigenvalue weighted by atomic mass is 15.1. The van der Waals surface area contributed by atoms with Crippen molar-refractivity contribution in [2.75, 3.05) is 18.0 Å². The molecule has 1 aromatic carbocycles. The van der Waals surface area contributed by atoms with Crippen LogP contribution < -0.4 is 10.2 Å². The van der Waals surface area contributed by atoms with Crippen molar-refractivity contribution in [3.8, 4) is 12.3 Å². The standard InChI is InChI=1S/C16H22N2/c1-3-14(2)17-13-15-7-9-16(10-8-15)18-11-5-4-6-12-18/h1,7-10,14,17H,4-6,11-13H2,2H3. The van der Waals surface area contributed by atoms with Gasteiger partial charge in [0.25, 0.3) is 0 Å². The molecule has 0 radical (unpaired) electrons. The summed E-state index contributed by atoms with van der Waals surface area (Å²) in [5, 5.41) is 3.30. The number of nitrogens with one attached hydrogen (secondary N) is 1. The maximum absolute atomic E-state index is 5.34. The third-order valence-electron chi connectivity index (χ3n) is 3.52. The second-order valence-electron chi connectivity index (χ2n) is 4.98. The molecule has 2 nitrogen and oxygen atoms in total. The van der Waals surface area contributed by atoms with E-state index in [0.717, 1.165) is 6.54 Å². The van der Waals surface area contributed by atoms with Crippen LogP contribution >= 0.6 is 0 Å². The van der Waals surface area contributed by atoms with E-state index in [1.54, 1.807) is 0 Å². The predicted octanol–water partition coefficient (Wildman–Crippen LogP) is 2.79. The average molecular weight is 242 g/mol. The molecule has 1 saturated heterocycles. The van der Waals surface area contributed by atoms with Crippen molar-refractivity contribution in [3.63, 3.8) is 0 Å². The summed E-state index contributed by atoms with van der Waals surface area (Å²) >= 11 is 0. The number of terminal acetylenes is 1. The first-order valence-corrected chi connectivity index (χ1v) is 6.83. The van der Waals surface area contributed by atoms with Crippen molar-refractivity contribution < 1.29 is 0 Å². The molecule has 96 valence electrons. The van der Waals surface area contributed by atoms with Crippen molar-refractivity contribution in [2.45, 2.75) is 38.8 Å². The van der Waals surface area contributed by atoms with Crippen molar-refractivity contribution in [2.24, 2.45) is 0 Å². The second kappa shape index (κ2) is 6.47.